The van der Waals surface area contributed by atoms with Crippen LogP contribution >= 0.6 is 11.8 Å². The Labute approximate surface area is 109 Å². The molecule has 1 aromatic rings. The average molecular weight is 260 g/mol. The Hall–Kier alpha value is -2.00. The van der Waals surface area contributed by atoms with Crippen LogP contribution in [0.25, 0.3) is 0 Å². The van der Waals surface area contributed by atoms with Crippen LogP contribution in [0.2, 0.25) is 0 Å². The van der Waals surface area contributed by atoms with Crippen LogP contribution in [-0.2, 0) is 4.79 Å². The van der Waals surface area contributed by atoms with E-state index in [1.807, 2.05) is 12.1 Å². The maximum absolute atomic E-state index is 11.4. The molecule has 1 aromatic carbocycles. The number of carbonyl (C=O) groups excluding carboxylic acids is 1. The van der Waals surface area contributed by atoms with Gasteiger partial charge in [0.25, 0.3) is 5.91 Å². The van der Waals surface area contributed by atoms with Gasteiger partial charge < -0.3 is 11.1 Å². The summed E-state index contributed by atoms with van der Waals surface area (Å²) in [7, 11) is 0. The quantitative estimate of drug-likeness (QED) is 0.851. The molecule has 6 heteroatoms. The van der Waals surface area contributed by atoms with Crippen molar-refractivity contribution in [3.05, 3.63) is 29.8 Å². The molecule has 1 amide bonds. The van der Waals surface area contributed by atoms with Crippen molar-refractivity contribution >= 4 is 28.5 Å². The zero-order chi connectivity index (χ0) is 13.0. The molecule has 0 saturated heterocycles. The summed E-state index contributed by atoms with van der Waals surface area (Å²) in [6.45, 7) is 0.665. The number of nitrogens with zero attached hydrogens (tertiary/aromatic N) is 2. The smallest absolute Gasteiger partial charge is 0.261 e. The van der Waals surface area contributed by atoms with E-state index in [2.05, 4.69) is 16.4 Å². The van der Waals surface area contributed by atoms with Crippen LogP contribution in [0.5, 0.6) is 0 Å². The monoisotopic (exact) mass is 260 g/mol. The molecule has 92 valence electrons. The molecule has 0 fully saturated rings. The number of amidine groups is 1. The maximum atomic E-state index is 11.4. The van der Waals surface area contributed by atoms with Crippen molar-refractivity contribution in [1.82, 2.24) is 0 Å². The van der Waals surface area contributed by atoms with E-state index in [0.717, 1.165) is 5.69 Å². The number of hydrogen-bond acceptors (Lipinski definition) is 5. The molecule has 0 aromatic heterocycles. The highest BCUT2D eigenvalue weighted by molar-refractivity contribution is 8.15. The van der Waals surface area contributed by atoms with Crippen LogP contribution in [0.3, 0.4) is 0 Å². The first-order valence-corrected chi connectivity index (χ1v) is 6.35. The van der Waals surface area contributed by atoms with Crippen molar-refractivity contribution in [1.29, 1.82) is 5.26 Å². The van der Waals surface area contributed by atoms with E-state index in [9.17, 15) is 4.79 Å². The van der Waals surface area contributed by atoms with E-state index in [1.54, 1.807) is 12.1 Å². The molecular formula is C12H12N4OS. The van der Waals surface area contributed by atoms with Gasteiger partial charge >= 0.3 is 0 Å². The molecule has 2 rings (SSSR count). The zero-order valence-corrected chi connectivity index (χ0v) is 10.4. The zero-order valence-electron chi connectivity index (χ0n) is 9.59. The maximum Gasteiger partial charge on any atom is 0.261 e. The first kappa shape index (κ1) is 12.5. The summed E-state index contributed by atoms with van der Waals surface area (Å²) in [5, 5.41) is 12.0. The summed E-state index contributed by atoms with van der Waals surface area (Å²) in [5.74, 6) is -0.154. The van der Waals surface area contributed by atoms with Gasteiger partial charge in [-0.15, -0.1) is 0 Å². The lowest BCUT2D eigenvalue weighted by atomic mass is 10.2. The second-order valence-electron chi connectivity index (χ2n) is 3.80. The highest BCUT2D eigenvalue weighted by atomic mass is 32.2. The molecule has 1 atom stereocenters. The van der Waals surface area contributed by atoms with E-state index in [0.29, 0.717) is 23.7 Å². The number of anilines is 1. The molecular weight excluding hydrogens is 248 g/mol. The number of amides is 1. The predicted molar refractivity (Wildman–Crippen MR) is 72.3 cm³/mol. The Balaban J connectivity index is 1.79. The van der Waals surface area contributed by atoms with Gasteiger partial charge in [0.15, 0.2) is 5.17 Å². The second-order valence-corrected chi connectivity index (χ2v) is 5.02. The van der Waals surface area contributed by atoms with Crippen molar-refractivity contribution in [2.75, 3.05) is 11.9 Å². The van der Waals surface area contributed by atoms with E-state index in [1.165, 1.54) is 11.8 Å². The molecule has 1 aliphatic rings. The third kappa shape index (κ3) is 3.02. The molecule has 1 unspecified atom stereocenters. The van der Waals surface area contributed by atoms with Gasteiger partial charge in [0.05, 0.1) is 16.9 Å². The molecule has 5 nitrogen and oxygen atoms in total. The number of aliphatic imine (C=N–C) groups is 1. The second kappa shape index (κ2) is 5.56. The average Bonchev–Trinajstić information content (AvgIpc) is 2.69. The summed E-state index contributed by atoms with van der Waals surface area (Å²) in [6, 6.07) is 9.24. The molecule has 1 heterocycles. The number of nitrogens with one attached hydrogen (secondary N) is 1. The van der Waals surface area contributed by atoms with Crippen LogP contribution < -0.4 is 11.1 Å². The van der Waals surface area contributed by atoms with Gasteiger partial charge in [-0.3, -0.25) is 4.79 Å². The number of benzene rings is 1. The Morgan fingerprint density at radius 1 is 1.44 bits per heavy atom. The van der Waals surface area contributed by atoms with Crippen LogP contribution in [-0.4, -0.2) is 22.9 Å². The van der Waals surface area contributed by atoms with Crippen LogP contribution in [0.1, 0.15) is 12.0 Å². The number of thioether (sulfide) groups is 1. The van der Waals surface area contributed by atoms with Crippen LogP contribution in [0.15, 0.2) is 29.3 Å². The number of nitrogens with two attached hydrogens (primary N) is 1. The Bertz CT molecular complexity index is 518. The topological polar surface area (TPSA) is 91.3 Å². The Kier molecular flexibility index (Phi) is 3.85. The summed E-state index contributed by atoms with van der Waals surface area (Å²) < 4.78 is 0. The minimum Gasteiger partial charge on any atom is -0.385 e. The van der Waals surface area contributed by atoms with Gasteiger partial charge in [-0.1, -0.05) is 11.8 Å². The predicted octanol–water partition coefficient (Wildman–Crippen LogP) is 1.32. The largest absolute Gasteiger partial charge is 0.385 e. The van der Waals surface area contributed by atoms with E-state index >= 15 is 0 Å². The fourth-order valence-corrected chi connectivity index (χ4v) is 2.42. The highest BCUT2D eigenvalue weighted by Crippen LogP contribution is 2.22. The molecule has 0 radical (unpaired) electrons. The molecule has 0 saturated carbocycles. The number of nitriles is 1. The summed E-state index contributed by atoms with van der Waals surface area (Å²) in [5.41, 5.74) is 7.03. The van der Waals surface area contributed by atoms with Gasteiger partial charge in [0.2, 0.25) is 0 Å². The van der Waals surface area contributed by atoms with Crippen molar-refractivity contribution in [3.8, 4) is 6.07 Å². The van der Waals surface area contributed by atoms with Gasteiger partial charge in [-0.2, -0.15) is 10.3 Å². The fourth-order valence-electron chi connectivity index (χ4n) is 1.60. The van der Waals surface area contributed by atoms with E-state index in [-0.39, 0.29) is 11.2 Å². The summed E-state index contributed by atoms with van der Waals surface area (Å²) >= 11 is 1.31. The molecule has 18 heavy (non-hydrogen) atoms. The molecule has 0 aliphatic carbocycles. The lowest BCUT2D eigenvalue weighted by Gasteiger charge is -2.08. The van der Waals surface area contributed by atoms with Gasteiger partial charge in [-0.05, 0) is 30.7 Å². The third-order valence-corrected chi connectivity index (χ3v) is 3.56. The van der Waals surface area contributed by atoms with Crippen LogP contribution in [0.4, 0.5) is 5.69 Å². The summed E-state index contributed by atoms with van der Waals surface area (Å²) in [6.07, 6.45) is 0.674. The van der Waals surface area contributed by atoms with Gasteiger partial charge in [0.1, 0.15) is 0 Å². The number of rotatable bonds is 4. The van der Waals surface area contributed by atoms with Gasteiger partial charge in [-0.25, -0.2) is 0 Å². The highest BCUT2D eigenvalue weighted by Gasteiger charge is 2.26. The molecule has 0 spiro atoms. The third-order valence-electron chi connectivity index (χ3n) is 2.51. The van der Waals surface area contributed by atoms with Crippen molar-refractivity contribution < 1.29 is 4.79 Å². The normalized spacial score (nSPS) is 18.3. The molecule has 1 aliphatic heterocycles. The summed E-state index contributed by atoms with van der Waals surface area (Å²) in [4.78, 5) is 15.0. The fraction of sp³-hybridized carbons (Fsp3) is 0.250. The lowest BCUT2D eigenvalue weighted by molar-refractivity contribution is -0.117. The van der Waals surface area contributed by atoms with Crippen molar-refractivity contribution in [2.24, 2.45) is 10.7 Å². The lowest BCUT2D eigenvalue weighted by Crippen LogP contribution is -2.16. The SMILES string of the molecule is N#Cc1ccc(NCCC2SC(N)=NC2=O)cc1. The molecule has 3 N–H and O–H groups in total. The minimum absolute atomic E-state index is 0.154. The van der Waals surface area contributed by atoms with E-state index < -0.39 is 0 Å². The molecule has 0 bridgehead atoms. The first-order valence-electron chi connectivity index (χ1n) is 5.48. The Morgan fingerprint density at radius 3 is 2.72 bits per heavy atom. The number of hydrogen-bond donors (Lipinski definition) is 2. The van der Waals surface area contributed by atoms with Crippen molar-refractivity contribution in [2.45, 2.75) is 11.7 Å². The number of carbonyl (C=O) groups is 1. The van der Waals surface area contributed by atoms with Crippen molar-refractivity contribution in [3.63, 3.8) is 0 Å². The minimum atomic E-state index is -0.170. The van der Waals surface area contributed by atoms with E-state index in [4.69, 9.17) is 11.0 Å². The first-order chi connectivity index (χ1) is 8.69. The van der Waals surface area contributed by atoms with Gasteiger partial charge in [0, 0.05) is 12.2 Å². The standard InChI is InChI=1S/C12H12N4OS/c13-7-8-1-3-9(4-2-8)15-6-5-10-11(17)16-12(14)18-10/h1-4,10,15H,5-6H2,(H2,14,16,17). The Morgan fingerprint density at radius 2 is 2.17 bits per heavy atom. The van der Waals surface area contributed by atoms with Crippen LogP contribution in [0, 0.1) is 11.3 Å².